The first-order valence-electron chi connectivity index (χ1n) is 6.70. The van der Waals surface area contributed by atoms with Gasteiger partial charge in [0.2, 0.25) is 0 Å². The van der Waals surface area contributed by atoms with Gasteiger partial charge in [0.15, 0.2) is 6.61 Å². The first-order valence-corrected chi connectivity index (χ1v) is 7.46. The van der Waals surface area contributed by atoms with Crippen LogP contribution in [-0.4, -0.2) is 23.6 Å². The number of carbonyl (C=O) groups excluding carboxylic acids is 1. The van der Waals surface area contributed by atoms with Crippen molar-refractivity contribution in [3.05, 3.63) is 57.6 Å². The fourth-order valence-corrected chi connectivity index (χ4v) is 2.80. The monoisotopic (exact) mass is 351 g/mol. The van der Waals surface area contributed by atoms with Crippen LogP contribution in [-0.2, 0) is 11.3 Å². The van der Waals surface area contributed by atoms with Gasteiger partial charge in [0.25, 0.3) is 5.91 Å². The molecule has 1 N–H and O–H groups in total. The van der Waals surface area contributed by atoms with Crippen LogP contribution in [0.15, 0.2) is 36.4 Å². The molecule has 3 rings (SSSR count). The fourth-order valence-electron chi connectivity index (χ4n) is 2.33. The van der Waals surface area contributed by atoms with Gasteiger partial charge in [0.1, 0.15) is 5.75 Å². The number of fused-ring (bicyclic) bond motifs is 1. The summed E-state index contributed by atoms with van der Waals surface area (Å²) in [5, 5.41) is 10.0. The van der Waals surface area contributed by atoms with Crippen LogP contribution >= 0.6 is 23.2 Å². The summed E-state index contributed by atoms with van der Waals surface area (Å²) in [4.78, 5) is 24.7. The van der Waals surface area contributed by atoms with Crippen LogP contribution in [0, 0.1) is 0 Å². The van der Waals surface area contributed by atoms with E-state index in [0.717, 1.165) is 5.56 Å². The summed E-state index contributed by atoms with van der Waals surface area (Å²) in [7, 11) is 0. The van der Waals surface area contributed by atoms with Gasteiger partial charge in [0, 0.05) is 10.0 Å². The SMILES string of the molecule is O=C(O)c1ccc2c(c1)OCC(=O)N2Cc1ccc(Cl)cc1Cl. The third kappa shape index (κ3) is 3.11. The molecular weight excluding hydrogens is 341 g/mol. The Labute approximate surface area is 142 Å². The highest BCUT2D eigenvalue weighted by atomic mass is 35.5. The van der Waals surface area contributed by atoms with E-state index in [1.807, 2.05) is 0 Å². The smallest absolute Gasteiger partial charge is 0.335 e. The number of carbonyl (C=O) groups is 2. The number of hydrogen-bond donors (Lipinski definition) is 1. The van der Waals surface area contributed by atoms with Crippen LogP contribution in [0.25, 0.3) is 0 Å². The first kappa shape index (κ1) is 15.6. The maximum atomic E-state index is 12.2. The summed E-state index contributed by atoms with van der Waals surface area (Å²) in [6.07, 6.45) is 0. The van der Waals surface area contributed by atoms with Gasteiger partial charge in [-0.2, -0.15) is 0 Å². The second kappa shape index (κ2) is 6.10. The zero-order chi connectivity index (χ0) is 16.6. The van der Waals surface area contributed by atoms with Crippen LogP contribution in [0.5, 0.6) is 5.75 Å². The second-order valence-electron chi connectivity index (χ2n) is 4.99. The number of aromatic carboxylic acids is 1. The molecule has 2 aromatic carbocycles. The van der Waals surface area contributed by atoms with Crippen LogP contribution in [0.1, 0.15) is 15.9 Å². The molecule has 23 heavy (non-hydrogen) atoms. The lowest BCUT2D eigenvalue weighted by molar-refractivity contribution is -0.121. The molecule has 5 nitrogen and oxygen atoms in total. The zero-order valence-electron chi connectivity index (χ0n) is 11.8. The normalized spacial score (nSPS) is 13.5. The van der Waals surface area contributed by atoms with Crippen LogP contribution in [0.2, 0.25) is 10.0 Å². The average molecular weight is 352 g/mol. The number of anilines is 1. The van der Waals surface area contributed by atoms with E-state index < -0.39 is 5.97 Å². The lowest BCUT2D eigenvalue weighted by atomic mass is 10.1. The van der Waals surface area contributed by atoms with E-state index in [9.17, 15) is 9.59 Å². The summed E-state index contributed by atoms with van der Waals surface area (Å²) in [5.74, 6) is -0.929. The molecule has 0 atom stereocenters. The molecule has 7 heteroatoms. The zero-order valence-corrected chi connectivity index (χ0v) is 13.3. The Morgan fingerprint density at radius 1 is 1.22 bits per heavy atom. The number of ether oxygens (including phenoxy) is 1. The van der Waals surface area contributed by atoms with E-state index in [1.54, 1.807) is 24.3 Å². The number of amides is 1. The maximum absolute atomic E-state index is 12.2. The quantitative estimate of drug-likeness (QED) is 0.916. The van der Waals surface area contributed by atoms with Crippen molar-refractivity contribution in [2.45, 2.75) is 6.54 Å². The molecule has 0 aromatic heterocycles. The molecule has 2 aromatic rings. The Hall–Kier alpha value is -2.24. The van der Waals surface area contributed by atoms with Crippen molar-refractivity contribution in [2.75, 3.05) is 11.5 Å². The Kier molecular flexibility index (Phi) is 4.15. The van der Waals surface area contributed by atoms with Gasteiger partial charge in [0.05, 0.1) is 17.8 Å². The van der Waals surface area contributed by atoms with Gasteiger partial charge in [-0.1, -0.05) is 29.3 Å². The minimum Gasteiger partial charge on any atom is -0.482 e. The molecule has 0 saturated heterocycles. The molecule has 0 saturated carbocycles. The molecule has 1 aliphatic heterocycles. The first-order chi connectivity index (χ1) is 11.0. The summed E-state index contributed by atoms with van der Waals surface area (Å²) >= 11 is 12.0. The predicted molar refractivity (Wildman–Crippen MR) is 86.5 cm³/mol. The van der Waals surface area contributed by atoms with Crippen molar-refractivity contribution in [3.8, 4) is 5.75 Å². The van der Waals surface area contributed by atoms with E-state index in [4.69, 9.17) is 33.0 Å². The van der Waals surface area contributed by atoms with Crippen molar-refractivity contribution in [1.82, 2.24) is 0 Å². The molecule has 1 heterocycles. The van der Waals surface area contributed by atoms with Gasteiger partial charge >= 0.3 is 5.97 Å². The third-order valence-corrected chi connectivity index (χ3v) is 4.08. The van der Waals surface area contributed by atoms with Crippen LogP contribution < -0.4 is 9.64 Å². The number of nitrogens with zero attached hydrogens (tertiary/aromatic N) is 1. The standard InChI is InChI=1S/C16H11Cl2NO4/c17-11-3-1-10(12(18)6-11)7-19-13-4-2-9(16(21)22)5-14(13)23-8-15(19)20/h1-6H,7-8H2,(H,21,22). The van der Waals surface area contributed by atoms with Gasteiger partial charge in [-0.25, -0.2) is 4.79 Å². The van der Waals surface area contributed by atoms with Gasteiger partial charge in [-0.05, 0) is 35.9 Å². The largest absolute Gasteiger partial charge is 0.482 e. The third-order valence-electron chi connectivity index (χ3n) is 3.49. The number of hydrogen-bond acceptors (Lipinski definition) is 3. The molecule has 1 aliphatic rings. The van der Waals surface area contributed by atoms with Gasteiger partial charge in [-0.15, -0.1) is 0 Å². The van der Waals surface area contributed by atoms with E-state index in [2.05, 4.69) is 0 Å². The van der Waals surface area contributed by atoms with Crippen molar-refractivity contribution < 1.29 is 19.4 Å². The lowest BCUT2D eigenvalue weighted by Crippen LogP contribution is -2.38. The van der Waals surface area contributed by atoms with Crippen LogP contribution in [0.3, 0.4) is 0 Å². The number of rotatable bonds is 3. The van der Waals surface area contributed by atoms with Crippen molar-refractivity contribution in [1.29, 1.82) is 0 Å². The molecule has 1 amide bonds. The minimum absolute atomic E-state index is 0.0996. The average Bonchev–Trinajstić information content (AvgIpc) is 2.51. The molecule has 0 fully saturated rings. The number of carboxylic acids is 1. The minimum atomic E-state index is -1.06. The molecular formula is C16H11Cl2NO4. The Bertz CT molecular complexity index is 807. The summed E-state index contributed by atoms with van der Waals surface area (Å²) in [6, 6.07) is 9.44. The molecule has 0 spiro atoms. The highest BCUT2D eigenvalue weighted by molar-refractivity contribution is 6.35. The Morgan fingerprint density at radius 2 is 2.00 bits per heavy atom. The van der Waals surface area contributed by atoms with E-state index in [-0.39, 0.29) is 24.6 Å². The van der Waals surface area contributed by atoms with E-state index >= 15 is 0 Å². The fraction of sp³-hybridized carbons (Fsp3) is 0.125. The Morgan fingerprint density at radius 3 is 2.70 bits per heavy atom. The number of halogens is 2. The lowest BCUT2D eigenvalue weighted by Gasteiger charge is -2.30. The second-order valence-corrected chi connectivity index (χ2v) is 5.84. The topological polar surface area (TPSA) is 66.8 Å². The van der Waals surface area contributed by atoms with Crippen molar-refractivity contribution >= 4 is 40.8 Å². The highest BCUT2D eigenvalue weighted by Crippen LogP contribution is 2.35. The van der Waals surface area contributed by atoms with Gasteiger partial charge in [-0.3, -0.25) is 4.79 Å². The molecule has 118 valence electrons. The molecule has 0 unspecified atom stereocenters. The van der Waals surface area contributed by atoms with Crippen molar-refractivity contribution in [2.24, 2.45) is 0 Å². The van der Waals surface area contributed by atoms with E-state index in [1.165, 1.54) is 17.0 Å². The predicted octanol–water partition coefficient (Wildman–Crippen LogP) is 3.62. The number of benzene rings is 2. The van der Waals surface area contributed by atoms with Crippen molar-refractivity contribution in [3.63, 3.8) is 0 Å². The number of carboxylic acid groups (broad SMARTS) is 1. The van der Waals surface area contributed by atoms with Crippen LogP contribution in [0.4, 0.5) is 5.69 Å². The summed E-state index contributed by atoms with van der Waals surface area (Å²) < 4.78 is 5.34. The maximum Gasteiger partial charge on any atom is 0.335 e. The Balaban J connectivity index is 1.97. The molecule has 0 aliphatic carbocycles. The highest BCUT2D eigenvalue weighted by Gasteiger charge is 2.27. The molecule has 0 bridgehead atoms. The van der Waals surface area contributed by atoms with Gasteiger partial charge < -0.3 is 14.7 Å². The molecule has 0 radical (unpaired) electrons. The summed E-state index contributed by atoms with van der Waals surface area (Å²) in [5.41, 5.74) is 1.35. The summed E-state index contributed by atoms with van der Waals surface area (Å²) in [6.45, 7) is 0.0961. The van der Waals surface area contributed by atoms with E-state index in [0.29, 0.717) is 21.5 Å².